The lowest BCUT2D eigenvalue weighted by atomic mass is 10.4. The van der Waals surface area contributed by atoms with E-state index in [2.05, 4.69) is 31.1 Å². The highest BCUT2D eigenvalue weighted by Gasteiger charge is 2.28. The molecule has 3 N–H and O–H groups in total. The zero-order valence-electron chi connectivity index (χ0n) is 13.5. The van der Waals surface area contributed by atoms with Crippen molar-refractivity contribution in [3.05, 3.63) is 30.2 Å². The molecule has 1 aliphatic rings. The van der Waals surface area contributed by atoms with Gasteiger partial charge < -0.3 is 16.0 Å². The van der Waals surface area contributed by atoms with E-state index in [9.17, 15) is 4.79 Å². The number of hydrogen-bond acceptors (Lipinski definition) is 4. The van der Waals surface area contributed by atoms with Gasteiger partial charge in [-0.25, -0.2) is 0 Å². The van der Waals surface area contributed by atoms with E-state index in [0.717, 1.165) is 24.3 Å². The standard InChI is InChI=1S/C15H21N7O.HI/c1-16-15(18-8-7-17-14(23)11-5-6-11)19-10-13-21-20-12-4-2-3-9-22(12)13;/h2-4,9,11H,5-8,10H2,1H3,(H,17,23)(H2,16,18,19);1H. The second kappa shape index (κ2) is 8.81. The average Bonchev–Trinajstić information content (AvgIpc) is 3.35. The smallest absolute Gasteiger partial charge is 0.223 e. The van der Waals surface area contributed by atoms with E-state index < -0.39 is 0 Å². The summed E-state index contributed by atoms with van der Waals surface area (Å²) in [5, 5.41) is 17.5. The third kappa shape index (κ3) is 4.79. The number of halogens is 1. The number of guanidine groups is 1. The minimum atomic E-state index is 0. The molecule has 0 atom stereocenters. The molecule has 2 heterocycles. The number of hydrogen-bond donors (Lipinski definition) is 3. The van der Waals surface area contributed by atoms with Crippen molar-refractivity contribution in [1.82, 2.24) is 30.5 Å². The topological polar surface area (TPSA) is 95.7 Å². The molecule has 1 saturated carbocycles. The van der Waals surface area contributed by atoms with Gasteiger partial charge in [0.25, 0.3) is 0 Å². The third-order valence-electron chi connectivity index (χ3n) is 3.69. The maximum absolute atomic E-state index is 11.5. The Morgan fingerprint density at radius 1 is 1.25 bits per heavy atom. The van der Waals surface area contributed by atoms with Crippen molar-refractivity contribution in [3.8, 4) is 0 Å². The van der Waals surface area contributed by atoms with E-state index in [1.807, 2.05) is 28.8 Å². The summed E-state index contributed by atoms with van der Waals surface area (Å²) in [6.07, 6.45) is 3.97. The molecular weight excluding hydrogens is 421 g/mol. The minimum Gasteiger partial charge on any atom is -0.355 e. The van der Waals surface area contributed by atoms with Gasteiger partial charge in [-0.05, 0) is 25.0 Å². The van der Waals surface area contributed by atoms with Crippen LogP contribution in [0.4, 0.5) is 0 Å². The summed E-state index contributed by atoms with van der Waals surface area (Å²) < 4.78 is 1.93. The van der Waals surface area contributed by atoms with Crippen molar-refractivity contribution in [2.75, 3.05) is 20.1 Å². The molecule has 0 unspecified atom stereocenters. The van der Waals surface area contributed by atoms with Crippen LogP contribution in [0, 0.1) is 5.92 Å². The van der Waals surface area contributed by atoms with Gasteiger partial charge in [0.1, 0.15) is 0 Å². The zero-order valence-corrected chi connectivity index (χ0v) is 15.9. The number of carbonyl (C=O) groups excluding carboxylic acids is 1. The van der Waals surface area contributed by atoms with Crippen LogP contribution in [0.15, 0.2) is 29.4 Å². The first kappa shape index (κ1) is 18.4. The fourth-order valence-corrected chi connectivity index (χ4v) is 2.25. The molecule has 8 nitrogen and oxygen atoms in total. The molecule has 1 aliphatic carbocycles. The highest BCUT2D eigenvalue weighted by Crippen LogP contribution is 2.28. The highest BCUT2D eigenvalue weighted by molar-refractivity contribution is 14.0. The molecule has 0 spiro atoms. The average molecular weight is 443 g/mol. The number of fused-ring (bicyclic) bond motifs is 1. The summed E-state index contributed by atoms with van der Waals surface area (Å²) >= 11 is 0. The summed E-state index contributed by atoms with van der Waals surface area (Å²) in [5.74, 6) is 1.88. The van der Waals surface area contributed by atoms with Crippen LogP contribution < -0.4 is 16.0 Å². The van der Waals surface area contributed by atoms with Crippen LogP contribution in [0.1, 0.15) is 18.7 Å². The largest absolute Gasteiger partial charge is 0.355 e. The third-order valence-corrected chi connectivity index (χ3v) is 3.69. The van der Waals surface area contributed by atoms with Gasteiger partial charge >= 0.3 is 0 Å². The van der Waals surface area contributed by atoms with Crippen molar-refractivity contribution in [2.45, 2.75) is 19.4 Å². The van der Waals surface area contributed by atoms with Crippen LogP contribution in [-0.4, -0.2) is 46.6 Å². The first-order valence-electron chi connectivity index (χ1n) is 7.79. The summed E-state index contributed by atoms with van der Waals surface area (Å²) in [5.41, 5.74) is 0.815. The molecule has 0 aromatic carbocycles. The van der Waals surface area contributed by atoms with E-state index in [0.29, 0.717) is 25.6 Å². The van der Waals surface area contributed by atoms with E-state index in [-0.39, 0.29) is 35.8 Å². The molecule has 1 amide bonds. The number of amides is 1. The SMILES string of the molecule is CN=C(NCCNC(=O)C1CC1)NCc1nnc2ccccn12.I. The second-order valence-corrected chi connectivity index (χ2v) is 5.46. The number of pyridine rings is 1. The lowest BCUT2D eigenvalue weighted by Crippen LogP contribution is -2.41. The molecule has 2 aromatic rings. The second-order valence-electron chi connectivity index (χ2n) is 5.46. The Labute approximate surface area is 157 Å². The Morgan fingerprint density at radius 3 is 2.79 bits per heavy atom. The van der Waals surface area contributed by atoms with Crippen LogP contribution >= 0.6 is 24.0 Å². The first-order valence-corrected chi connectivity index (χ1v) is 7.79. The number of nitrogens with zero attached hydrogens (tertiary/aromatic N) is 4. The molecule has 130 valence electrons. The van der Waals surface area contributed by atoms with Crippen molar-refractivity contribution in [3.63, 3.8) is 0 Å². The highest BCUT2D eigenvalue weighted by atomic mass is 127. The number of carbonyl (C=O) groups is 1. The van der Waals surface area contributed by atoms with Gasteiger partial charge in [0.15, 0.2) is 17.4 Å². The van der Waals surface area contributed by atoms with Crippen molar-refractivity contribution < 1.29 is 4.79 Å². The van der Waals surface area contributed by atoms with E-state index >= 15 is 0 Å². The Kier molecular flexibility index (Phi) is 6.76. The molecule has 0 aliphatic heterocycles. The normalized spacial score (nSPS) is 14.1. The number of aliphatic imine (C=N–C) groups is 1. The lowest BCUT2D eigenvalue weighted by Gasteiger charge is -2.11. The Balaban J connectivity index is 0.00000208. The van der Waals surface area contributed by atoms with E-state index in [4.69, 9.17) is 0 Å². The molecular formula is C15H22IN7O. The predicted molar refractivity (Wildman–Crippen MR) is 102 cm³/mol. The molecule has 9 heteroatoms. The van der Waals surface area contributed by atoms with Crippen LogP contribution in [0.2, 0.25) is 0 Å². The van der Waals surface area contributed by atoms with Crippen molar-refractivity contribution in [2.24, 2.45) is 10.9 Å². The van der Waals surface area contributed by atoms with Gasteiger partial charge in [-0.1, -0.05) is 6.07 Å². The monoisotopic (exact) mass is 443 g/mol. The quantitative estimate of drug-likeness (QED) is 0.262. The molecule has 2 aromatic heterocycles. The molecule has 3 rings (SSSR count). The van der Waals surface area contributed by atoms with Crippen LogP contribution in [0.5, 0.6) is 0 Å². The van der Waals surface area contributed by atoms with Crippen molar-refractivity contribution >= 4 is 41.5 Å². The Morgan fingerprint density at radius 2 is 2.04 bits per heavy atom. The van der Waals surface area contributed by atoms with Gasteiger partial charge in [-0.2, -0.15) is 0 Å². The summed E-state index contributed by atoms with van der Waals surface area (Å²) in [4.78, 5) is 15.7. The Bertz CT molecular complexity index is 711. The molecule has 1 fully saturated rings. The number of rotatable bonds is 6. The van der Waals surface area contributed by atoms with Gasteiger partial charge in [-0.15, -0.1) is 34.2 Å². The maximum Gasteiger partial charge on any atom is 0.223 e. The number of aromatic nitrogens is 3. The van der Waals surface area contributed by atoms with Crippen LogP contribution in [0.25, 0.3) is 5.65 Å². The van der Waals surface area contributed by atoms with Crippen LogP contribution in [0.3, 0.4) is 0 Å². The van der Waals surface area contributed by atoms with Gasteiger partial charge in [0, 0.05) is 32.3 Å². The predicted octanol–water partition coefficient (Wildman–Crippen LogP) is 0.538. The molecule has 24 heavy (non-hydrogen) atoms. The summed E-state index contributed by atoms with van der Waals surface area (Å²) in [6, 6.07) is 5.78. The minimum absolute atomic E-state index is 0. The zero-order chi connectivity index (χ0) is 16.1. The first-order chi connectivity index (χ1) is 11.3. The molecule has 0 bridgehead atoms. The maximum atomic E-state index is 11.5. The fourth-order valence-electron chi connectivity index (χ4n) is 2.25. The molecule has 0 saturated heterocycles. The molecule has 0 radical (unpaired) electrons. The summed E-state index contributed by atoms with van der Waals surface area (Å²) in [7, 11) is 1.71. The Hall–Kier alpha value is -1.91. The van der Waals surface area contributed by atoms with Gasteiger partial charge in [0.05, 0.1) is 6.54 Å². The fraction of sp³-hybridized carbons (Fsp3) is 0.467. The van der Waals surface area contributed by atoms with E-state index in [1.165, 1.54) is 0 Å². The lowest BCUT2D eigenvalue weighted by molar-refractivity contribution is -0.122. The van der Waals surface area contributed by atoms with Crippen LogP contribution in [-0.2, 0) is 11.3 Å². The van der Waals surface area contributed by atoms with Crippen molar-refractivity contribution in [1.29, 1.82) is 0 Å². The number of nitrogens with one attached hydrogen (secondary N) is 3. The van der Waals surface area contributed by atoms with Gasteiger partial charge in [0.2, 0.25) is 5.91 Å². The summed E-state index contributed by atoms with van der Waals surface area (Å²) in [6.45, 7) is 1.72. The van der Waals surface area contributed by atoms with E-state index in [1.54, 1.807) is 7.05 Å². The van der Waals surface area contributed by atoms with Gasteiger partial charge in [-0.3, -0.25) is 14.2 Å².